The molecule has 0 aliphatic carbocycles. The van der Waals surface area contributed by atoms with Gasteiger partial charge in [0.15, 0.2) is 0 Å². The summed E-state index contributed by atoms with van der Waals surface area (Å²) in [6.07, 6.45) is 1.41. The maximum Gasteiger partial charge on any atom is 0.328 e. The van der Waals surface area contributed by atoms with Crippen LogP contribution in [-0.4, -0.2) is 21.9 Å². The molecule has 0 saturated heterocycles. The van der Waals surface area contributed by atoms with E-state index in [1.165, 1.54) is 10.9 Å². The Labute approximate surface area is 87.8 Å². The molecule has 0 fully saturated rings. The second-order valence-corrected chi connectivity index (χ2v) is 3.68. The molecule has 14 heavy (non-hydrogen) atoms. The highest BCUT2D eigenvalue weighted by atomic mass is 35.5. The number of ether oxygens (including phenoxy) is 1. The molecule has 0 aliphatic rings. The second-order valence-electron chi connectivity index (χ2n) is 3.27. The molecule has 0 spiro atoms. The Morgan fingerprint density at radius 2 is 2.36 bits per heavy atom. The number of carbonyl (C=O) groups is 1. The SMILES string of the molecule is Cc1c(Cl)cnn1CC(=O)OC(C)C. The van der Waals surface area contributed by atoms with E-state index in [1.54, 1.807) is 20.8 Å². The van der Waals surface area contributed by atoms with Crippen LogP contribution < -0.4 is 0 Å². The average molecular weight is 217 g/mol. The summed E-state index contributed by atoms with van der Waals surface area (Å²) < 4.78 is 6.50. The fourth-order valence-electron chi connectivity index (χ4n) is 1.01. The average Bonchev–Trinajstić information content (AvgIpc) is 2.34. The zero-order chi connectivity index (χ0) is 10.7. The molecular weight excluding hydrogens is 204 g/mol. The van der Waals surface area contributed by atoms with Crippen molar-refractivity contribution in [2.75, 3.05) is 0 Å². The highest BCUT2D eigenvalue weighted by Crippen LogP contribution is 2.13. The number of rotatable bonds is 3. The van der Waals surface area contributed by atoms with Crippen molar-refractivity contribution in [1.82, 2.24) is 9.78 Å². The standard InChI is InChI=1S/C9H13ClN2O2/c1-6(2)14-9(13)5-12-7(3)8(10)4-11-12/h4,6H,5H2,1-3H3. The quantitative estimate of drug-likeness (QED) is 0.724. The van der Waals surface area contributed by atoms with E-state index in [0.717, 1.165) is 5.69 Å². The van der Waals surface area contributed by atoms with Gasteiger partial charge in [-0.2, -0.15) is 5.10 Å². The lowest BCUT2D eigenvalue weighted by atomic mass is 10.4. The maximum atomic E-state index is 11.3. The molecule has 0 atom stereocenters. The van der Waals surface area contributed by atoms with Gasteiger partial charge in [-0.1, -0.05) is 11.6 Å². The second kappa shape index (κ2) is 4.46. The molecule has 0 saturated carbocycles. The van der Waals surface area contributed by atoms with Crippen LogP contribution in [0.4, 0.5) is 0 Å². The third-order valence-electron chi connectivity index (χ3n) is 1.69. The number of nitrogens with zero attached hydrogens (tertiary/aromatic N) is 2. The van der Waals surface area contributed by atoms with E-state index in [2.05, 4.69) is 5.10 Å². The molecule has 0 aromatic carbocycles. The fourth-order valence-corrected chi connectivity index (χ4v) is 1.15. The Balaban J connectivity index is 2.61. The predicted octanol–water partition coefficient (Wildman–Crippen LogP) is 1.80. The highest BCUT2D eigenvalue weighted by Gasteiger charge is 2.10. The van der Waals surface area contributed by atoms with Crippen LogP contribution >= 0.6 is 11.6 Å². The molecule has 0 bridgehead atoms. The fraction of sp³-hybridized carbons (Fsp3) is 0.556. The lowest BCUT2D eigenvalue weighted by molar-refractivity contribution is -0.148. The van der Waals surface area contributed by atoms with Crippen LogP contribution in [0.5, 0.6) is 0 Å². The highest BCUT2D eigenvalue weighted by molar-refractivity contribution is 6.31. The summed E-state index contributed by atoms with van der Waals surface area (Å²) in [7, 11) is 0. The largest absolute Gasteiger partial charge is 0.462 e. The summed E-state index contributed by atoms with van der Waals surface area (Å²) in [5.41, 5.74) is 0.771. The number of hydrogen-bond acceptors (Lipinski definition) is 3. The Bertz CT molecular complexity index is 334. The lowest BCUT2D eigenvalue weighted by Gasteiger charge is -2.08. The smallest absolute Gasteiger partial charge is 0.328 e. The summed E-state index contributed by atoms with van der Waals surface area (Å²) in [6.45, 7) is 5.52. The van der Waals surface area contributed by atoms with Crippen LogP contribution in [0, 0.1) is 6.92 Å². The Hall–Kier alpha value is -1.03. The van der Waals surface area contributed by atoms with Gasteiger partial charge in [0.2, 0.25) is 0 Å². The monoisotopic (exact) mass is 216 g/mol. The number of esters is 1. The number of hydrogen-bond donors (Lipinski definition) is 0. The summed E-state index contributed by atoms with van der Waals surface area (Å²) in [6, 6.07) is 0. The van der Waals surface area contributed by atoms with Crippen molar-refractivity contribution in [2.24, 2.45) is 0 Å². The van der Waals surface area contributed by atoms with Gasteiger partial charge in [-0.15, -0.1) is 0 Å². The normalized spacial score (nSPS) is 10.6. The molecule has 4 nitrogen and oxygen atoms in total. The molecule has 5 heteroatoms. The first-order valence-corrected chi connectivity index (χ1v) is 4.76. The Kier molecular flexibility index (Phi) is 3.52. The third kappa shape index (κ3) is 2.73. The topological polar surface area (TPSA) is 44.1 Å². The van der Waals surface area contributed by atoms with Crippen molar-refractivity contribution in [3.05, 3.63) is 16.9 Å². The molecule has 0 amide bonds. The van der Waals surface area contributed by atoms with Crippen molar-refractivity contribution >= 4 is 17.6 Å². The van der Waals surface area contributed by atoms with Gasteiger partial charge >= 0.3 is 5.97 Å². The van der Waals surface area contributed by atoms with Gasteiger partial charge in [0.05, 0.1) is 23.0 Å². The van der Waals surface area contributed by atoms with Crippen molar-refractivity contribution in [3.8, 4) is 0 Å². The maximum absolute atomic E-state index is 11.3. The van der Waals surface area contributed by atoms with E-state index >= 15 is 0 Å². The van der Waals surface area contributed by atoms with E-state index in [4.69, 9.17) is 16.3 Å². The first-order chi connectivity index (χ1) is 6.50. The van der Waals surface area contributed by atoms with E-state index < -0.39 is 0 Å². The predicted molar refractivity (Wildman–Crippen MR) is 53.2 cm³/mol. The molecule has 78 valence electrons. The number of aromatic nitrogens is 2. The summed E-state index contributed by atoms with van der Waals surface area (Å²) >= 11 is 5.78. The molecule has 1 rings (SSSR count). The summed E-state index contributed by atoms with van der Waals surface area (Å²) in [5.74, 6) is -0.303. The van der Waals surface area contributed by atoms with Crippen LogP contribution in [0.3, 0.4) is 0 Å². The summed E-state index contributed by atoms with van der Waals surface area (Å²) in [4.78, 5) is 11.3. The number of halogens is 1. The van der Waals surface area contributed by atoms with Gasteiger partial charge in [-0.25, -0.2) is 0 Å². The van der Waals surface area contributed by atoms with Crippen molar-refractivity contribution in [3.63, 3.8) is 0 Å². The molecule has 1 aromatic heterocycles. The third-order valence-corrected chi connectivity index (χ3v) is 2.06. The zero-order valence-electron chi connectivity index (χ0n) is 8.45. The first kappa shape index (κ1) is 11.0. The van der Waals surface area contributed by atoms with Crippen LogP contribution in [0.15, 0.2) is 6.20 Å². The summed E-state index contributed by atoms with van der Waals surface area (Å²) in [5, 5.41) is 4.50. The molecule has 0 aliphatic heterocycles. The van der Waals surface area contributed by atoms with Crippen LogP contribution in [-0.2, 0) is 16.1 Å². The van der Waals surface area contributed by atoms with Crippen LogP contribution in [0.1, 0.15) is 19.5 Å². The van der Waals surface area contributed by atoms with E-state index in [0.29, 0.717) is 5.02 Å². The molecule has 0 radical (unpaired) electrons. The molecule has 1 aromatic rings. The molecule has 1 heterocycles. The van der Waals surface area contributed by atoms with Crippen LogP contribution in [0.25, 0.3) is 0 Å². The number of carbonyl (C=O) groups excluding carboxylic acids is 1. The van der Waals surface area contributed by atoms with Crippen molar-refractivity contribution in [2.45, 2.75) is 33.4 Å². The Morgan fingerprint density at radius 1 is 1.71 bits per heavy atom. The molecule has 0 unspecified atom stereocenters. The molecular formula is C9H13ClN2O2. The van der Waals surface area contributed by atoms with Gasteiger partial charge in [0, 0.05) is 0 Å². The van der Waals surface area contributed by atoms with Gasteiger partial charge < -0.3 is 4.74 Å². The molecule has 0 N–H and O–H groups in total. The minimum Gasteiger partial charge on any atom is -0.462 e. The van der Waals surface area contributed by atoms with E-state index in [9.17, 15) is 4.79 Å². The van der Waals surface area contributed by atoms with Crippen LogP contribution in [0.2, 0.25) is 5.02 Å². The minimum absolute atomic E-state index is 0.103. The minimum atomic E-state index is -0.303. The first-order valence-electron chi connectivity index (χ1n) is 4.38. The van der Waals surface area contributed by atoms with Gasteiger partial charge in [-0.3, -0.25) is 9.48 Å². The van der Waals surface area contributed by atoms with E-state index in [1.807, 2.05) is 0 Å². The van der Waals surface area contributed by atoms with Gasteiger partial charge in [-0.05, 0) is 20.8 Å². The zero-order valence-corrected chi connectivity index (χ0v) is 9.21. The van der Waals surface area contributed by atoms with E-state index in [-0.39, 0.29) is 18.6 Å². The van der Waals surface area contributed by atoms with Gasteiger partial charge in [0.25, 0.3) is 0 Å². The van der Waals surface area contributed by atoms with Gasteiger partial charge in [0.1, 0.15) is 6.54 Å². The van der Waals surface area contributed by atoms with Crippen molar-refractivity contribution in [1.29, 1.82) is 0 Å². The van der Waals surface area contributed by atoms with Crippen molar-refractivity contribution < 1.29 is 9.53 Å². The lowest BCUT2D eigenvalue weighted by Crippen LogP contribution is -2.18. The Morgan fingerprint density at radius 3 is 2.79 bits per heavy atom.